The minimum atomic E-state index is -4.22. The molecule has 0 aromatic carbocycles. The number of hydrogen-bond acceptors (Lipinski definition) is 0. The number of rotatable bonds is 4. The Kier molecular flexibility index (Phi) is 6.02. The normalized spacial score (nSPS) is 15.9. The van der Waals surface area contributed by atoms with Crippen molar-refractivity contribution >= 4 is 42.1 Å². The summed E-state index contributed by atoms with van der Waals surface area (Å²) >= 11 is 0. The van der Waals surface area contributed by atoms with Gasteiger partial charge in [-0.15, -0.1) is 0 Å². The van der Waals surface area contributed by atoms with Crippen LogP contribution in [-0.4, -0.2) is 4.40 Å². The molecule has 0 spiro atoms. The van der Waals surface area contributed by atoms with E-state index in [-0.39, 0.29) is 0 Å². The molecule has 0 unspecified atom stereocenters. The molecule has 0 amide bonds. The van der Waals surface area contributed by atoms with Crippen LogP contribution in [0.2, 0.25) is 0 Å². The summed E-state index contributed by atoms with van der Waals surface area (Å²) in [6.07, 6.45) is 6.89. The second-order valence-corrected chi connectivity index (χ2v) is 37.4. The molecule has 0 aliphatic heterocycles. The molecule has 74 valence electrons. The topological polar surface area (TPSA) is 0 Å². The van der Waals surface area contributed by atoms with E-state index in [2.05, 4.69) is 6.08 Å². The van der Waals surface area contributed by atoms with Crippen LogP contribution >= 0.6 is 37.7 Å². The molecule has 5 heteroatoms. The van der Waals surface area contributed by atoms with Crippen LogP contribution in [0.4, 0.5) is 0 Å². The molecular formula is C7H12Cl4W. The summed E-state index contributed by atoms with van der Waals surface area (Å²) in [7, 11) is 18.7. The van der Waals surface area contributed by atoms with Crippen molar-refractivity contribution < 1.29 is 10.2 Å². The third-order valence-corrected chi connectivity index (χ3v) is 7.96. The predicted octanol–water partition coefficient (Wildman–Crippen LogP) is 4.84. The molecule has 0 heterocycles. The Balaban J connectivity index is 3.77. The molecule has 0 rings (SSSR count). The SMILES string of the molecule is CC=CCCC[CH]=[W]([Cl])([Cl])([Cl])[Cl]. The van der Waals surface area contributed by atoms with E-state index >= 15 is 0 Å². The van der Waals surface area contributed by atoms with E-state index in [4.69, 9.17) is 37.7 Å². The summed E-state index contributed by atoms with van der Waals surface area (Å²) in [5, 5.41) is 0. The zero-order chi connectivity index (χ0) is 9.69. The first-order chi connectivity index (χ1) is 5.31. The van der Waals surface area contributed by atoms with Crippen molar-refractivity contribution in [3.05, 3.63) is 12.2 Å². The van der Waals surface area contributed by atoms with Gasteiger partial charge in [-0.25, -0.2) is 0 Å². The van der Waals surface area contributed by atoms with Crippen LogP contribution < -0.4 is 0 Å². The van der Waals surface area contributed by atoms with E-state index in [9.17, 15) is 0 Å². The quantitative estimate of drug-likeness (QED) is 0.450. The molecule has 0 nitrogen and oxygen atoms in total. The van der Waals surface area contributed by atoms with Gasteiger partial charge in [0.05, 0.1) is 0 Å². The van der Waals surface area contributed by atoms with Gasteiger partial charge in [0.15, 0.2) is 0 Å². The summed E-state index contributed by atoms with van der Waals surface area (Å²) in [4.78, 5) is 0. The third-order valence-electron chi connectivity index (χ3n) is 1.18. The van der Waals surface area contributed by atoms with E-state index in [1.165, 1.54) is 0 Å². The number of hydrogen-bond donors (Lipinski definition) is 0. The second kappa shape index (κ2) is 5.37. The number of allylic oxidation sites excluding steroid dienone is 2. The van der Waals surface area contributed by atoms with E-state index in [0.717, 1.165) is 19.3 Å². The van der Waals surface area contributed by atoms with Gasteiger partial charge in [0.2, 0.25) is 0 Å². The van der Waals surface area contributed by atoms with E-state index < -0.39 is 10.2 Å². The van der Waals surface area contributed by atoms with Crippen LogP contribution in [0.25, 0.3) is 0 Å². The van der Waals surface area contributed by atoms with Crippen molar-refractivity contribution in [2.24, 2.45) is 0 Å². The molecule has 0 saturated carbocycles. The molecule has 0 saturated heterocycles. The first kappa shape index (κ1) is 13.5. The summed E-state index contributed by atoms with van der Waals surface area (Å²) in [6, 6.07) is 0. The van der Waals surface area contributed by atoms with Gasteiger partial charge < -0.3 is 0 Å². The Morgan fingerprint density at radius 2 is 1.67 bits per heavy atom. The van der Waals surface area contributed by atoms with E-state index in [1.54, 1.807) is 4.40 Å². The van der Waals surface area contributed by atoms with Crippen molar-refractivity contribution in [1.82, 2.24) is 0 Å². The first-order valence-electron chi connectivity index (χ1n) is 3.58. The van der Waals surface area contributed by atoms with Crippen molar-refractivity contribution in [3.63, 3.8) is 0 Å². The molecular weight excluding hydrogens is 410 g/mol. The average molecular weight is 422 g/mol. The summed E-state index contributed by atoms with van der Waals surface area (Å²) in [5.41, 5.74) is 0. The van der Waals surface area contributed by atoms with Crippen molar-refractivity contribution in [1.29, 1.82) is 0 Å². The fraction of sp³-hybridized carbons (Fsp3) is 0.571. The average Bonchev–Trinajstić information content (AvgIpc) is 1.83. The molecule has 0 fully saturated rings. The second-order valence-electron chi connectivity index (χ2n) is 2.37. The van der Waals surface area contributed by atoms with Gasteiger partial charge in [0.25, 0.3) is 0 Å². The van der Waals surface area contributed by atoms with E-state index in [1.807, 2.05) is 13.0 Å². The van der Waals surface area contributed by atoms with Crippen molar-refractivity contribution in [3.8, 4) is 0 Å². The fourth-order valence-electron chi connectivity index (χ4n) is 0.664. The molecule has 0 aliphatic carbocycles. The van der Waals surface area contributed by atoms with Gasteiger partial charge in [-0.05, 0) is 0 Å². The van der Waals surface area contributed by atoms with Gasteiger partial charge in [0.1, 0.15) is 0 Å². The van der Waals surface area contributed by atoms with Gasteiger partial charge in [-0.3, -0.25) is 0 Å². The number of halogens is 4. The van der Waals surface area contributed by atoms with Crippen LogP contribution in [0.15, 0.2) is 12.2 Å². The predicted molar refractivity (Wildman–Crippen MR) is 58.1 cm³/mol. The van der Waals surface area contributed by atoms with Crippen molar-refractivity contribution in [2.75, 3.05) is 0 Å². The zero-order valence-electron chi connectivity index (χ0n) is 6.77. The Morgan fingerprint density at radius 3 is 2.08 bits per heavy atom. The molecule has 0 aromatic heterocycles. The summed E-state index contributed by atoms with van der Waals surface area (Å²) < 4.78 is 1.69. The van der Waals surface area contributed by atoms with Crippen LogP contribution in [0.1, 0.15) is 26.2 Å². The minimum absolute atomic E-state index is 0.787. The van der Waals surface area contributed by atoms with Crippen LogP contribution in [0.3, 0.4) is 0 Å². The van der Waals surface area contributed by atoms with Crippen LogP contribution in [0, 0.1) is 0 Å². The Hall–Kier alpha value is 1.46. The van der Waals surface area contributed by atoms with Crippen LogP contribution in [0.5, 0.6) is 0 Å². The Morgan fingerprint density at radius 1 is 1.08 bits per heavy atom. The molecule has 12 heavy (non-hydrogen) atoms. The van der Waals surface area contributed by atoms with E-state index in [0.29, 0.717) is 0 Å². The first-order valence-corrected chi connectivity index (χ1v) is 19.8. The van der Waals surface area contributed by atoms with Gasteiger partial charge in [-0.2, -0.15) is 0 Å². The summed E-state index contributed by atoms with van der Waals surface area (Å²) in [5.74, 6) is 0. The maximum absolute atomic E-state index is 5.73. The standard InChI is InChI=1S/C7H12.4ClH.W/c1-3-5-7-6-4-2;;;;;/h1,4,6H,3,5,7H2,2H3;4*1H;/q;;;;;+4/p-4. The zero-order valence-corrected chi connectivity index (χ0v) is 12.7. The monoisotopic (exact) mass is 420 g/mol. The molecule has 0 aliphatic rings. The Labute approximate surface area is 89.9 Å². The molecule has 0 aromatic rings. The molecule has 0 N–H and O–H groups in total. The van der Waals surface area contributed by atoms with Gasteiger partial charge >= 0.3 is 90.6 Å². The molecule has 0 bridgehead atoms. The fourth-order valence-corrected chi connectivity index (χ4v) is 5.46. The third kappa shape index (κ3) is 11.5. The summed E-state index contributed by atoms with van der Waals surface area (Å²) in [6.45, 7) is 1.99. The molecule has 0 atom stereocenters. The Bertz CT molecular complexity index is 202. The number of unbranched alkanes of at least 4 members (excludes halogenated alkanes) is 2. The van der Waals surface area contributed by atoms with Gasteiger partial charge in [-0.1, -0.05) is 0 Å². The van der Waals surface area contributed by atoms with Gasteiger partial charge in [0, 0.05) is 0 Å². The van der Waals surface area contributed by atoms with Crippen LogP contribution in [-0.2, 0) is 10.2 Å². The molecule has 0 radical (unpaired) electrons. The van der Waals surface area contributed by atoms with Crippen molar-refractivity contribution in [2.45, 2.75) is 26.2 Å². The maximum atomic E-state index is 5.73.